The summed E-state index contributed by atoms with van der Waals surface area (Å²) < 4.78 is 5.38. The highest BCUT2D eigenvalue weighted by molar-refractivity contribution is 5.68. The molecule has 0 aliphatic rings. The van der Waals surface area contributed by atoms with Crippen LogP contribution in [0.25, 0.3) is 0 Å². The molecular formula is C17H29N3O3. The Balaban J connectivity index is 2.52. The summed E-state index contributed by atoms with van der Waals surface area (Å²) in [6.07, 6.45) is 2.51. The first-order valence-corrected chi connectivity index (χ1v) is 7.98. The van der Waals surface area contributed by atoms with E-state index in [1.54, 1.807) is 19.3 Å². The number of nitrogens with zero attached hydrogens (tertiary/aromatic N) is 2. The Morgan fingerprint density at radius 2 is 1.96 bits per heavy atom. The second-order valence-corrected chi connectivity index (χ2v) is 6.73. The Morgan fingerprint density at radius 1 is 1.35 bits per heavy atom. The zero-order chi connectivity index (χ0) is 17.5. The molecule has 6 heteroatoms. The molecule has 1 heterocycles. The van der Waals surface area contributed by atoms with Gasteiger partial charge < -0.3 is 20.1 Å². The number of aliphatic hydroxyl groups excluding tert-OH is 1. The lowest BCUT2D eigenvalue weighted by atomic mass is 10.1. The summed E-state index contributed by atoms with van der Waals surface area (Å²) in [4.78, 5) is 17.7. The topological polar surface area (TPSA) is 74.7 Å². The highest BCUT2D eigenvalue weighted by Crippen LogP contribution is 2.11. The monoisotopic (exact) mass is 323 g/mol. The number of ether oxygens (including phenoxy) is 1. The highest BCUT2D eigenvalue weighted by atomic mass is 16.6. The van der Waals surface area contributed by atoms with E-state index < -0.39 is 17.8 Å². The van der Waals surface area contributed by atoms with Crippen molar-refractivity contribution in [3.05, 3.63) is 30.1 Å². The fourth-order valence-electron chi connectivity index (χ4n) is 2.09. The van der Waals surface area contributed by atoms with Gasteiger partial charge in [0.1, 0.15) is 5.60 Å². The number of hydrogen-bond donors (Lipinski definition) is 2. The molecule has 0 saturated carbocycles. The van der Waals surface area contributed by atoms with E-state index in [1.165, 1.54) is 4.90 Å². The van der Waals surface area contributed by atoms with E-state index in [-0.39, 0.29) is 12.6 Å². The number of amides is 1. The molecular weight excluding hydrogens is 294 g/mol. The Labute approximate surface area is 138 Å². The van der Waals surface area contributed by atoms with E-state index >= 15 is 0 Å². The van der Waals surface area contributed by atoms with Gasteiger partial charge in [-0.1, -0.05) is 0 Å². The maximum atomic E-state index is 12.2. The molecule has 0 aromatic carbocycles. The minimum Gasteiger partial charge on any atom is -0.444 e. The summed E-state index contributed by atoms with van der Waals surface area (Å²) in [6, 6.07) is 4.07. The van der Waals surface area contributed by atoms with Crippen molar-refractivity contribution in [3.63, 3.8) is 0 Å². The van der Waals surface area contributed by atoms with Crippen LogP contribution in [0, 0.1) is 0 Å². The van der Waals surface area contributed by atoms with E-state index in [0.29, 0.717) is 13.1 Å². The molecule has 0 aliphatic carbocycles. The van der Waals surface area contributed by atoms with Crippen molar-refractivity contribution >= 4 is 6.09 Å². The molecule has 1 amide bonds. The molecule has 0 bridgehead atoms. The molecule has 23 heavy (non-hydrogen) atoms. The van der Waals surface area contributed by atoms with Crippen molar-refractivity contribution in [2.75, 3.05) is 19.6 Å². The van der Waals surface area contributed by atoms with Crippen molar-refractivity contribution in [1.29, 1.82) is 0 Å². The van der Waals surface area contributed by atoms with Gasteiger partial charge >= 0.3 is 6.09 Å². The Morgan fingerprint density at radius 3 is 2.48 bits per heavy atom. The van der Waals surface area contributed by atoms with Crippen LogP contribution in [0.5, 0.6) is 0 Å². The quantitative estimate of drug-likeness (QED) is 0.805. The molecule has 1 rings (SSSR count). The van der Waals surface area contributed by atoms with Crippen LogP contribution in [0.4, 0.5) is 4.79 Å². The third-order valence-electron chi connectivity index (χ3n) is 3.17. The van der Waals surface area contributed by atoms with Gasteiger partial charge in [-0.25, -0.2) is 4.79 Å². The fraction of sp³-hybridized carbons (Fsp3) is 0.647. The lowest BCUT2D eigenvalue weighted by Gasteiger charge is -2.28. The molecule has 2 unspecified atom stereocenters. The van der Waals surface area contributed by atoms with Gasteiger partial charge in [0.15, 0.2) is 0 Å². The summed E-state index contributed by atoms with van der Waals surface area (Å²) >= 11 is 0. The maximum absolute atomic E-state index is 12.2. The zero-order valence-electron chi connectivity index (χ0n) is 14.7. The third kappa shape index (κ3) is 7.95. The molecule has 2 N–H and O–H groups in total. The van der Waals surface area contributed by atoms with Gasteiger partial charge in [0.2, 0.25) is 0 Å². The smallest absolute Gasteiger partial charge is 0.410 e. The van der Waals surface area contributed by atoms with Gasteiger partial charge in [-0.15, -0.1) is 0 Å². The molecule has 0 aliphatic heterocycles. The standard InChI is InChI=1S/C17H29N3O3/c1-13(21)12-20(16(22)23-17(3,4)5)11-10-19-14(2)15-6-8-18-9-7-15/h6-9,13-14,19,21H,10-12H2,1-5H3. The molecule has 0 spiro atoms. The first-order valence-electron chi connectivity index (χ1n) is 7.98. The van der Waals surface area contributed by atoms with Crippen LogP contribution in [-0.2, 0) is 4.74 Å². The second kappa shape index (κ2) is 8.84. The Kier molecular flexibility index (Phi) is 7.45. The summed E-state index contributed by atoms with van der Waals surface area (Å²) in [5.74, 6) is 0. The van der Waals surface area contributed by atoms with Gasteiger partial charge in [-0.3, -0.25) is 4.98 Å². The number of hydrogen-bond acceptors (Lipinski definition) is 5. The lowest BCUT2D eigenvalue weighted by Crippen LogP contribution is -2.43. The Bertz CT molecular complexity index is 472. The SMILES string of the molecule is CC(O)CN(CCNC(C)c1ccncc1)C(=O)OC(C)(C)C. The molecule has 130 valence electrons. The number of nitrogens with one attached hydrogen (secondary N) is 1. The first kappa shape index (κ1) is 19.4. The number of pyridine rings is 1. The molecule has 0 fully saturated rings. The summed E-state index contributed by atoms with van der Waals surface area (Å²) in [5.41, 5.74) is 0.588. The number of carbonyl (C=O) groups is 1. The molecule has 1 aromatic heterocycles. The van der Waals surface area contributed by atoms with Crippen molar-refractivity contribution in [2.24, 2.45) is 0 Å². The van der Waals surface area contributed by atoms with Crippen LogP contribution in [0.15, 0.2) is 24.5 Å². The number of aliphatic hydroxyl groups is 1. The van der Waals surface area contributed by atoms with Crippen LogP contribution in [-0.4, -0.2) is 52.4 Å². The molecule has 1 aromatic rings. The van der Waals surface area contributed by atoms with Crippen LogP contribution < -0.4 is 5.32 Å². The molecule has 0 radical (unpaired) electrons. The van der Waals surface area contributed by atoms with Gasteiger partial charge in [-0.05, 0) is 52.3 Å². The molecule has 6 nitrogen and oxygen atoms in total. The van der Waals surface area contributed by atoms with Gasteiger partial charge in [0.05, 0.1) is 6.10 Å². The number of carbonyl (C=O) groups excluding carboxylic acids is 1. The van der Waals surface area contributed by atoms with Crippen molar-refractivity contribution in [2.45, 2.75) is 52.4 Å². The predicted octanol–water partition coefficient (Wildman–Crippen LogP) is 2.35. The average Bonchev–Trinajstić information content (AvgIpc) is 2.44. The van der Waals surface area contributed by atoms with E-state index in [9.17, 15) is 9.90 Å². The largest absolute Gasteiger partial charge is 0.444 e. The average molecular weight is 323 g/mol. The van der Waals surface area contributed by atoms with E-state index in [1.807, 2.05) is 32.9 Å². The van der Waals surface area contributed by atoms with Gasteiger partial charge in [0, 0.05) is 38.1 Å². The minimum atomic E-state index is -0.597. The maximum Gasteiger partial charge on any atom is 0.410 e. The predicted molar refractivity (Wildman–Crippen MR) is 90.1 cm³/mol. The molecule has 2 atom stereocenters. The van der Waals surface area contributed by atoms with E-state index in [2.05, 4.69) is 17.2 Å². The third-order valence-corrected chi connectivity index (χ3v) is 3.17. The van der Waals surface area contributed by atoms with Crippen LogP contribution in [0.2, 0.25) is 0 Å². The minimum absolute atomic E-state index is 0.157. The van der Waals surface area contributed by atoms with Crippen molar-refractivity contribution < 1.29 is 14.6 Å². The summed E-state index contributed by atoms with van der Waals surface area (Å²) in [6.45, 7) is 10.5. The van der Waals surface area contributed by atoms with Gasteiger partial charge in [-0.2, -0.15) is 0 Å². The zero-order valence-corrected chi connectivity index (χ0v) is 14.7. The Hall–Kier alpha value is -1.66. The van der Waals surface area contributed by atoms with Crippen LogP contribution in [0.3, 0.4) is 0 Å². The summed E-state index contributed by atoms with van der Waals surface area (Å²) in [7, 11) is 0. The van der Waals surface area contributed by atoms with E-state index in [0.717, 1.165) is 5.56 Å². The van der Waals surface area contributed by atoms with Crippen molar-refractivity contribution in [3.8, 4) is 0 Å². The van der Waals surface area contributed by atoms with Crippen molar-refractivity contribution in [1.82, 2.24) is 15.2 Å². The first-order chi connectivity index (χ1) is 10.7. The van der Waals surface area contributed by atoms with Crippen LogP contribution >= 0.6 is 0 Å². The van der Waals surface area contributed by atoms with E-state index in [4.69, 9.17) is 4.74 Å². The number of rotatable bonds is 7. The summed E-state index contributed by atoms with van der Waals surface area (Å²) in [5, 5.41) is 12.9. The molecule has 0 saturated heterocycles. The lowest BCUT2D eigenvalue weighted by molar-refractivity contribution is 0.0163. The number of aromatic nitrogens is 1. The fourth-order valence-corrected chi connectivity index (χ4v) is 2.09. The normalized spacial score (nSPS) is 14.2. The second-order valence-electron chi connectivity index (χ2n) is 6.73. The van der Waals surface area contributed by atoms with Crippen LogP contribution in [0.1, 0.15) is 46.2 Å². The van der Waals surface area contributed by atoms with Gasteiger partial charge in [0.25, 0.3) is 0 Å². The highest BCUT2D eigenvalue weighted by Gasteiger charge is 2.23.